The monoisotopic (exact) mass is 1350 g/mol. The van der Waals surface area contributed by atoms with E-state index in [4.69, 9.17) is 5.73 Å². The number of amides is 10. The SMILES string of the molecule is CN=C(NC)NCCC[C@H](NC(=O)[C@H](CO)NC(=O)[C@H](CCCNC(=NC)NC)NC(=O)[C@H](CO)NC(=O)[C@H](CO)NC(=O)[C@@H](N)C(C)C)C(=O)N[C@@H](Cc1ccccc1)C(=O)N[C@@H](Cc1ccc(O)cc1)C(=O)N[C@@H](CO)C(=O)NCC(=O)N[C@@H](Cc1ccccc1)C(=O)O. The zero-order valence-corrected chi connectivity index (χ0v) is 54.5. The fraction of sp³-hybridized carbons (Fsp3) is 0.500. The molecular weight excluding hydrogens is 1250 g/mol. The Morgan fingerprint density at radius 3 is 1.09 bits per heavy atom. The van der Waals surface area contributed by atoms with Gasteiger partial charge in [0.15, 0.2) is 11.9 Å². The number of nitrogens with two attached hydrogens (primary N) is 1. The number of aliphatic hydroxyl groups excluding tert-OH is 4. The van der Waals surface area contributed by atoms with Crippen LogP contribution < -0.4 is 80.2 Å². The lowest BCUT2D eigenvalue weighted by Gasteiger charge is -2.28. The van der Waals surface area contributed by atoms with Gasteiger partial charge in [-0.25, -0.2) is 4.79 Å². The van der Waals surface area contributed by atoms with Gasteiger partial charge in [0, 0.05) is 60.5 Å². The van der Waals surface area contributed by atoms with Crippen LogP contribution in [0.5, 0.6) is 5.75 Å². The molecule has 0 heterocycles. The molecule has 528 valence electrons. The van der Waals surface area contributed by atoms with Gasteiger partial charge >= 0.3 is 5.97 Å². The third-order valence-corrected chi connectivity index (χ3v) is 14.7. The number of hydrogen-bond acceptors (Lipinski definition) is 19. The Kier molecular flexibility index (Phi) is 36.0. The summed E-state index contributed by atoms with van der Waals surface area (Å²) in [5.41, 5.74) is 7.36. The average molecular weight is 1350 g/mol. The first-order chi connectivity index (χ1) is 45.8. The number of rotatable bonds is 40. The molecule has 3 rings (SSSR count). The van der Waals surface area contributed by atoms with Gasteiger partial charge in [-0.2, -0.15) is 0 Å². The number of nitrogens with zero attached hydrogens (tertiary/aromatic N) is 2. The van der Waals surface area contributed by atoms with Crippen molar-refractivity contribution in [1.82, 2.24) is 74.4 Å². The number of aliphatic imine (C=N–C) groups is 2. The molecule has 0 spiro atoms. The number of carbonyl (C=O) groups is 11. The molecule has 3 aromatic carbocycles. The highest BCUT2D eigenvalue weighted by molar-refractivity contribution is 5.99. The van der Waals surface area contributed by atoms with E-state index in [0.29, 0.717) is 28.6 Å². The number of carboxylic acids is 1. The van der Waals surface area contributed by atoms with Gasteiger partial charge in [-0.3, -0.25) is 57.9 Å². The van der Waals surface area contributed by atoms with E-state index in [1.807, 2.05) is 0 Å². The molecule has 0 aliphatic rings. The largest absolute Gasteiger partial charge is 0.508 e. The molecule has 0 radical (unpaired) electrons. The lowest BCUT2D eigenvalue weighted by atomic mass is 10.0. The molecule has 34 heteroatoms. The number of nitrogens with one attached hydrogen (secondary N) is 14. The molecule has 0 unspecified atom stereocenters. The van der Waals surface area contributed by atoms with Gasteiger partial charge in [0.05, 0.1) is 39.0 Å². The maximum Gasteiger partial charge on any atom is 0.326 e. The highest BCUT2D eigenvalue weighted by atomic mass is 16.4. The molecule has 22 N–H and O–H groups in total. The van der Waals surface area contributed by atoms with Gasteiger partial charge in [-0.15, -0.1) is 0 Å². The molecule has 0 aromatic heterocycles. The molecule has 34 nitrogen and oxygen atoms in total. The van der Waals surface area contributed by atoms with E-state index in [1.165, 1.54) is 38.4 Å². The zero-order chi connectivity index (χ0) is 71.3. The molecule has 0 fully saturated rings. The first-order valence-electron chi connectivity index (χ1n) is 30.9. The summed E-state index contributed by atoms with van der Waals surface area (Å²) in [6, 6.07) is 6.54. The van der Waals surface area contributed by atoms with Gasteiger partial charge in [-0.1, -0.05) is 86.6 Å². The number of carboxylic acid groups (broad SMARTS) is 1. The molecule has 96 heavy (non-hydrogen) atoms. The van der Waals surface area contributed by atoms with Crippen molar-refractivity contribution in [1.29, 1.82) is 0 Å². The van der Waals surface area contributed by atoms with Crippen LogP contribution in [-0.2, 0) is 72.0 Å². The topological polar surface area (TPSA) is 528 Å². The Hall–Kier alpha value is -10.0. The van der Waals surface area contributed by atoms with Gasteiger partial charge in [0.2, 0.25) is 59.1 Å². The number of aromatic hydroxyl groups is 1. The summed E-state index contributed by atoms with van der Waals surface area (Å²) >= 11 is 0. The van der Waals surface area contributed by atoms with E-state index >= 15 is 0 Å². The zero-order valence-electron chi connectivity index (χ0n) is 54.5. The fourth-order valence-corrected chi connectivity index (χ4v) is 9.10. The molecule has 3 aromatic rings. The Labute approximate surface area is 555 Å². The highest BCUT2D eigenvalue weighted by Crippen LogP contribution is 2.14. The van der Waals surface area contributed by atoms with Crippen LogP contribution in [-0.4, -0.2) is 242 Å². The van der Waals surface area contributed by atoms with E-state index in [2.05, 4.69) is 84.4 Å². The maximum atomic E-state index is 14.8. The van der Waals surface area contributed by atoms with Crippen LogP contribution in [0.4, 0.5) is 0 Å². The van der Waals surface area contributed by atoms with Crippen molar-refractivity contribution in [3.8, 4) is 5.75 Å². The minimum absolute atomic E-state index is 0.0816. The summed E-state index contributed by atoms with van der Waals surface area (Å²) in [6.45, 7) is -1.23. The lowest BCUT2D eigenvalue weighted by molar-refractivity contribution is -0.141. The van der Waals surface area contributed by atoms with Crippen molar-refractivity contribution in [2.75, 3.05) is 74.3 Å². The first-order valence-corrected chi connectivity index (χ1v) is 30.9. The average Bonchev–Trinajstić information content (AvgIpc) is 1.61. The normalized spacial score (nSPS) is 14.5. The van der Waals surface area contributed by atoms with Gasteiger partial charge < -0.3 is 111 Å². The van der Waals surface area contributed by atoms with Crippen LogP contribution in [0.1, 0.15) is 56.2 Å². The second-order valence-corrected chi connectivity index (χ2v) is 22.2. The lowest BCUT2D eigenvalue weighted by Crippen LogP contribution is -2.62. The van der Waals surface area contributed by atoms with Crippen LogP contribution in [0, 0.1) is 5.92 Å². The van der Waals surface area contributed by atoms with Crippen LogP contribution >= 0.6 is 0 Å². The number of benzene rings is 3. The summed E-state index contributed by atoms with van der Waals surface area (Å²) < 4.78 is 0. The van der Waals surface area contributed by atoms with Crippen LogP contribution in [0.25, 0.3) is 0 Å². The van der Waals surface area contributed by atoms with Gasteiger partial charge in [-0.05, 0) is 60.4 Å². The molecule has 0 aliphatic carbocycles. The summed E-state index contributed by atoms with van der Waals surface area (Å²) in [5, 5.41) is 96.8. The first kappa shape index (κ1) is 80.2. The smallest absolute Gasteiger partial charge is 0.326 e. The number of phenols is 1. The number of guanidine groups is 2. The Balaban J connectivity index is 1.96. The predicted octanol–water partition coefficient (Wildman–Crippen LogP) is -6.91. The summed E-state index contributed by atoms with van der Waals surface area (Å²) in [6.07, 6.45) is -0.736. The maximum absolute atomic E-state index is 14.8. The number of aliphatic carboxylic acids is 1. The highest BCUT2D eigenvalue weighted by Gasteiger charge is 2.36. The van der Waals surface area contributed by atoms with Gasteiger partial charge in [0.1, 0.15) is 60.1 Å². The van der Waals surface area contributed by atoms with Crippen LogP contribution in [0.2, 0.25) is 0 Å². The third-order valence-electron chi connectivity index (χ3n) is 14.7. The minimum Gasteiger partial charge on any atom is -0.508 e. The quantitative estimate of drug-likeness (QED) is 0.0143. The van der Waals surface area contributed by atoms with Crippen molar-refractivity contribution < 1.29 is 83.4 Å². The van der Waals surface area contributed by atoms with E-state index in [1.54, 1.807) is 88.6 Å². The summed E-state index contributed by atoms with van der Waals surface area (Å²) in [5.74, 6) is -11.3. The molecule has 0 aliphatic heterocycles. The van der Waals surface area contributed by atoms with Gasteiger partial charge in [0.25, 0.3) is 0 Å². The van der Waals surface area contributed by atoms with Crippen LogP contribution in [0.15, 0.2) is 94.9 Å². The molecule has 0 saturated carbocycles. The fourth-order valence-electron chi connectivity index (χ4n) is 9.10. The summed E-state index contributed by atoms with van der Waals surface area (Å²) in [4.78, 5) is 158. The Bertz CT molecular complexity index is 3070. The third kappa shape index (κ3) is 28.3. The molecule has 0 saturated heterocycles. The van der Waals surface area contributed by atoms with Crippen molar-refractivity contribution in [3.63, 3.8) is 0 Å². The Morgan fingerprint density at radius 2 is 0.740 bits per heavy atom. The molecular formula is C62H93N17O17. The number of hydrogen-bond donors (Lipinski definition) is 21. The van der Waals surface area contributed by atoms with Crippen molar-refractivity contribution >= 4 is 77.0 Å². The van der Waals surface area contributed by atoms with Crippen LogP contribution in [0.3, 0.4) is 0 Å². The van der Waals surface area contributed by atoms with E-state index in [9.17, 15) is 83.4 Å². The van der Waals surface area contributed by atoms with Crippen molar-refractivity contribution in [2.24, 2.45) is 21.6 Å². The Morgan fingerprint density at radius 1 is 0.417 bits per heavy atom. The molecule has 0 bridgehead atoms. The van der Waals surface area contributed by atoms with Crippen molar-refractivity contribution in [3.05, 3.63) is 102 Å². The molecule has 10 atom stereocenters. The standard InChI is InChI=1S/C62H93N17O17/c1-35(2)50(63)59(94)79-48(34-83)58(93)78-47(33-82)57(92)73-41(20-14-26-69-62(66-5)67-6)53(88)77-46(32-81)56(91)72-40(19-13-25-68-61(64-3)65-4)52(87)74-42(27-36-15-9-7-10-16-36)54(89)75-43(28-38-21-23-39(84)24-22-38)55(90)76-45(31-80)51(86)70-30-49(85)71-44(60(95)96)29-37-17-11-8-12-18-37/h7-12,15-18,21-24,35,40-48,50,80-84H,13-14,19-20,25-34,63H2,1-6H3,(H,70,86)(H,71,85)(H,72,91)(H,73,92)(H,74,87)(H,75,89)(H,76,90)(H,77,88)(H,78,93)(H,79,94)(H,95,96)(H2,64,65,68)(H2,66,67,69)/t40-,41-,42-,43-,44-,45-,46-,47-,48-,50-/m0/s1. The number of aliphatic hydroxyl groups is 4. The number of phenolic OH excluding ortho intramolecular Hbond substituents is 1. The number of carbonyl (C=O) groups excluding carboxylic acids is 10. The van der Waals surface area contributed by atoms with Crippen molar-refractivity contribution in [2.45, 2.75) is 119 Å². The molecule has 10 amide bonds. The second kappa shape index (κ2) is 43.0. The predicted molar refractivity (Wildman–Crippen MR) is 351 cm³/mol. The summed E-state index contributed by atoms with van der Waals surface area (Å²) in [7, 11) is 6.21. The second-order valence-electron chi connectivity index (χ2n) is 22.2. The van der Waals surface area contributed by atoms with E-state index in [-0.39, 0.29) is 69.7 Å². The van der Waals surface area contributed by atoms with E-state index in [0.717, 1.165) is 0 Å². The minimum atomic E-state index is -1.84. The van der Waals surface area contributed by atoms with E-state index < -0.39 is 158 Å².